The van der Waals surface area contributed by atoms with Crippen LogP contribution in [0.2, 0.25) is 0 Å². The molecular formula is C30H61BrO11. The number of ether oxygens (including phenoxy) is 11. The fourth-order valence-electron chi connectivity index (χ4n) is 3.34. The van der Waals surface area contributed by atoms with Gasteiger partial charge in [-0.05, 0) is 6.42 Å². The van der Waals surface area contributed by atoms with Crippen LogP contribution in [0.1, 0.15) is 45.4 Å². The van der Waals surface area contributed by atoms with E-state index in [0.29, 0.717) is 139 Å². The van der Waals surface area contributed by atoms with Crippen molar-refractivity contribution in [2.45, 2.75) is 45.4 Å². The van der Waals surface area contributed by atoms with Crippen molar-refractivity contribution in [1.29, 1.82) is 0 Å². The molecule has 0 radical (unpaired) electrons. The summed E-state index contributed by atoms with van der Waals surface area (Å²) >= 11 is 3.30. The SMILES string of the molecule is CCCCCCCCOCCOCCOCCOCCOCCOCCOCCOCCOCCOCCOCCBr. The molecule has 0 saturated heterocycles. The molecule has 0 aromatic carbocycles. The Kier molecular flexibility index (Phi) is 41.1. The van der Waals surface area contributed by atoms with Gasteiger partial charge in [-0.1, -0.05) is 55.0 Å². The van der Waals surface area contributed by atoms with E-state index in [-0.39, 0.29) is 0 Å². The lowest BCUT2D eigenvalue weighted by molar-refractivity contribution is -0.0274. The van der Waals surface area contributed by atoms with Crippen molar-refractivity contribution in [3.63, 3.8) is 0 Å². The molecule has 0 spiro atoms. The van der Waals surface area contributed by atoms with E-state index in [1.165, 1.54) is 32.1 Å². The molecule has 0 amide bonds. The second-order valence-electron chi connectivity index (χ2n) is 9.19. The average Bonchev–Trinajstić information content (AvgIpc) is 3.00. The molecule has 0 aliphatic carbocycles. The molecule has 12 heteroatoms. The van der Waals surface area contributed by atoms with E-state index in [2.05, 4.69) is 22.9 Å². The van der Waals surface area contributed by atoms with Crippen LogP contribution in [0.4, 0.5) is 0 Å². The minimum atomic E-state index is 0.525. The average molecular weight is 678 g/mol. The summed E-state index contributed by atoms with van der Waals surface area (Å²) in [6.45, 7) is 14.8. The molecule has 0 N–H and O–H groups in total. The third-order valence-corrected chi connectivity index (χ3v) is 5.91. The first-order valence-corrected chi connectivity index (χ1v) is 16.9. The molecule has 254 valence electrons. The van der Waals surface area contributed by atoms with Gasteiger partial charge in [-0.25, -0.2) is 0 Å². The van der Waals surface area contributed by atoms with Gasteiger partial charge in [0, 0.05) is 11.9 Å². The summed E-state index contributed by atoms with van der Waals surface area (Å²) in [5.41, 5.74) is 0. The first-order valence-electron chi connectivity index (χ1n) is 15.8. The summed E-state index contributed by atoms with van der Waals surface area (Å²) in [6.07, 6.45) is 7.69. The molecule has 0 aromatic heterocycles. The molecule has 0 aromatic rings. The molecule has 42 heavy (non-hydrogen) atoms. The molecule has 11 nitrogen and oxygen atoms in total. The lowest BCUT2D eigenvalue weighted by atomic mass is 10.1. The Morgan fingerprint density at radius 3 is 0.738 bits per heavy atom. The van der Waals surface area contributed by atoms with Gasteiger partial charge in [0.1, 0.15) is 0 Å². The Hall–Kier alpha value is 0.0400. The maximum absolute atomic E-state index is 5.58. The van der Waals surface area contributed by atoms with Crippen molar-refractivity contribution in [2.24, 2.45) is 0 Å². The zero-order chi connectivity index (χ0) is 30.3. The summed E-state index contributed by atoms with van der Waals surface area (Å²) in [7, 11) is 0. The van der Waals surface area contributed by atoms with Gasteiger partial charge < -0.3 is 52.1 Å². The van der Waals surface area contributed by atoms with Gasteiger partial charge in [0.2, 0.25) is 0 Å². The number of hydrogen-bond donors (Lipinski definition) is 0. The predicted octanol–water partition coefficient (Wildman–Crippen LogP) is 3.92. The van der Waals surface area contributed by atoms with Crippen LogP contribution in [-0.2, 0) is 52.1 Å². The van der Waals surface area contributed by atoms with Crippen LogP contribution in [0.25, 0.3) is 0 Å². The zero-order valence-corrected chi connectivity index (χ0v) is 28.0. The Labute approximate surface area is 263 Å². The molecule has 0 unspecified atom stereocenters. The van der Waals surface area contributed by atoms with Crippen LogP contribution in [0.3, 0.4) is 0 Å². The van der Waals surface area contributed by atoms with Gasteiger partial charge in [-0.3, -0.25) is 0 Å². The van der Waals surface area contributed by atoms with Gasteiger partial charge in [0.05, 0.1) is 139 Å². The second-order valence-corrected chi connectivity index (χ2v) is 9.99. The van der Waals surface area contributed by atoms with Gasteiger partial charge in [-0.15, -0.1) is 0 Å². The van der Waals surface area contributed by atoms with E-state index in [0.717, 1.165) is 18.4 Å². The Morgan fingerprint density at radius 2 is 0.476 bits per heavy atom. The van der Waals surface area contributed by atoms with E-state index in [1.54, 1.807) is 0 Å². The molecule has 0 rings (SSSR count). The molecule has 0 aliphatic rings. The van der Waals surface area contributed by atoms with Crippen molar-refractivity contribution in [1.82, 2.24) is 0 Å². The number of alkyl halides is 1. The maximum Gasteiger partial charge on any atom is 0.0701 e. The molecule has 0 fully saturated rings. The third-order valence-electron chi connectivity index (χ3n) is 5.58. The van der Waals surface area contributed by atoms with Crippen molar-refractivity contribution < 1.29 is 52.1 Å². The highest BCUT2D eigenvalue weighted by molar-refractivity contribution is 9.09. The van der Waals surface area contributed by atoms with Crippen molar-refractivity contribution >= 4 is 15.9 Å². The molecule has 0 heterocycles. The van der Waals surface area contributed by atoms with E-state index in [4.69, 9.17) is 52.1 Å². The maximum atomic E-state index is 5.58. The smallest absolute Gasteiger partial charge is 0.0701 e. The predicted molar refractivity (Wildman–Crippen MR) is 166 cm³/mol. The zero-order valence-electron chi connectivity index (χ0n) is 26.4. The standard InChI is InChI=1S/C30H61BrO11/c1-2-3-4-5-6-7-9-32-11-13-34-15-17-36-19-21-38-23-25-40-27-29-42-30-28-41-26-24-39-22-20-37-18-16-35-14-12-33-10-8-31/h2-30H2,1H3. The first-order chi connectivity index (χ1) is 20.9. The lowest BCUT2D eigenvalue weighted by Gasteiger charge is -2.09. The second kappa shape index (κ2) is 41.0. The summed E-state index contributed by atoms with van der Waals surface area (Å²) in [4.78, 5) is 0. The van der Waals surface area contributed by atoms with Crippen LogP contribution < -0.4 is 0 Å². The Balaban J connectivity index is 3.02. The van der Waals surface area contributed by atoms with Crippen molar-refractivity contribution in [3.8, 4) is 0 Å². The highest BCUT2D eigenvalue weighted by Gasteiger charge is 1.96. The molecule has 0 atom stereocenters. The van der Waals surface area contributed by atoms with Crippen molar-refractivity contribution in [2.75, 3.05) is 151 Å². The van der Waals surface area contributed by atoms with Crippen LogP contribution >= 0.6 is 15.9 Å². The summed E-state index contributed by atoms with van der Waals surface area (Å²) < 4.78 is 60.1. The number of hydrogen-bond acceptors (Lipinski definition) is 11. The monoisotopic (exact) mass is 676 g/mol. The highest BCUT2D eigenvalue weighted by atomic mass is 79.9. The van der Waals surface area contributed by atoms with E-state index in [1.807, 2.05) is 0 Å². The fourth-order valence-corrected chi connectivity index (χ4v) is 3.57. The summed E-state index contributed by atoms with van der Waals surface area (Å²) in [6, 6.07) is 0. The number of halogens is 1. The first kappa shape index (κ1) is 42.0. The van der Waals surface area contributed by atoms with Crippen molar-refractivity contribution in [3.05, 3.63) is 0 Å². The number of rotatable bonds is 39. The Bertz CT molecular complexity index is 427. The van der Waals surface area contributed by atoms with Crippen LogP contribution in [0.15, 0.2) is 0 Å². The molecule has 0 saturated carbocycles. The van der Waals surface area contributed by atoms with E-state index in [9.17, 15) is 0 Å². The van der Waals surface area contributed by atoms with Crippen LogP contribution in [-0.4, -0.2) is 151 Å². The lowest BCUT2D eigenvalue weighted by Crippen LogP contribution is -2.15. The topological polar surface area (TPSA) is 102 Å². The fraction of sp³-hybridized carbons (Fsp3) is 1.00. The minimum Gasteiger partial charge on any atom is -0.379 e. The van der Waals surface area contributed by atoms with Gasteiger partial charge in [0.15, 0.2) is 0 Å². The Morgan fingerprint density at radius 1 is 0.262 bits per heavy atom. The van der Waals surface area contributed by atoms with Gasteiger partial charge >= 0.3 is 0 Å². The van der Waals surface area contributed by atoms with E-state index < -0.39 is 0 Å². The van der Waals surface area contributed by atoms with Crippen LogP contribution in [0, 0.1) is 0 Å². The minimum absolute atomic E-state index is 0.525. The normalized spacial score (nSPS) is 11.6. The van der Waals surface area contributed by atoms with Gasteiger partial charge in [0.25, 0.3) is 0 Å². The largest absolute Gasteiger partial charge is 0.379 e. The quantitative estimate of drug-likeness (QED) is 0.0699. The molecule has 0 bridgehead atoms. The molecule has 0 aliphatic heterocycles. The highest BCUT2D eigenvalue weighted by Crippen LogP contribution is 2.04. The summed E-state index contributed by atoms with van der Waals surface area (Å²) in [5.74, 6) is 0. The van der Waals surface area contributed by atoms with Crippen LogP contribution in [0.5, 0.6) is 0 Å². The van der Waals surface area contributed by atoms with E-state index >= 15 is 0 Å². The third kappa shape index (κ3) is 40.0. The van der Waals surface area contributed by atoms with Gasteiger partial charge in [-0.2, -0.15) is 0 Å². The molecular weight excluding hydrogens is 616 g/mol. The summed E-state index contributed by atoms with van der Waals surface area (Å²) in [5, 5.41) is 0.841. The number of unbranched alkanes of at least 4 members (excludes halogenated alkanes) is 5.